The van der Waals surface area contributed by atoms with Crippen molar-refractivity contribution in [2.45, 2.75) is 13.0 Å². The molecule has 0 saturated heterocycles. The normalized spacial score (nSPS) is 11.9. The van der Waals surface area contributed by atoms with Crippen LogP contribution in [0.4, 0.5) is 0 Å². The fraction of sp³-hybridized carbons (Fsp3) is 0.235. The van der Waals surface area contributed by atoms with Crippen LogP contribution in [0.5, 0.6) is 0 Å². The van der Waals surface area contributed by atoms with Gasteiger partial charge in [-0.2, -0.15) is 4.89 Å². The van der Waals surface area contributed by atoms with Gasteiger partial charge in [0.2, 0.25) is 0 Å². The molecule has 0 bridgehead atoms. The molecule has 2 aromatic carbocycles. The minimum absolute atomic E-state index is 0.317. The zero-order valence-electron chi connectivity index (χ0n) is 12.1. The maximum atomic E-state index is 12.2. The van der Waals surface area contributed by atoms with Crippen LogP contribution in [0, 0.1) is 0 Å². The highest BCUT2D eigenvalue weighted by Crippen LogP contribution is 2.24. The predicted molar refractivity (Wildman–Crippen MR) is 79.7 cm³/mol. The Bertz CT molecular complexity index is 580. The van der Waals surface area contributed by atoms with E-state index in [0.717, 1.165) is 11.1 Å². The summed E-state index contributed by atoms with van der Waals surface area (Å²) < 4.78 is 4.92. The van der Waals surface area contributed by atoms with Gasteiger partial charge in [0.15, 0.2) is 0 Å². The van der Waals surface area contributed by atoms with E-state index in [-0.39, 0.29) is 6.10 Å². The number of hydrogen-bond acceptors (Lipinski definition) is 4. The van der Waals surface area contributed by atoms with Crippen LogP contribution in [0.25, 0.3) is 11.1 Å². The number of methoxy groups -OCH3 is 1. The van der Waals surface area contributed by atoms with Gasteiger partial charge in [0.25, 0.3) is 0 Å². The summed E-state index contributed by atoms with van der Waals surface area (Å²) in [4.78, 5) is 22.1. The Kier molecular flexibility index (Phi) is 5.49. The molecule has 1 unspecified atom stereocenters. The summed E-state index contributed by atoms with van der Waals surface area (Å²) in [6.45, 7) is 2.12. The Morgan fingerprint density at radius 2 is 1.71 bits per heavy atom. The SMILES string of the molecule is COCC(C)OOC(=O)c1ccccc1-c1ccccc1. The van der Waals surface area contributed by atoms with Gasteiger partial charge in [-0.3, -0.25) is 4.89 Å². The van der Waals surface area contributed by atoms with E-state index >= 15 is 0 Å². The van der Waals surface area contributed by atoms with Crippen molar-refractivity contribution in [2.75, 3.05) is 13.7 Å². The molecule has 0 spiro atoms. The molecule has 0 saturated carbocycles. The van der Waals surface area contributed by atoms with Crippen LogP contribution in [0.15, 0.2) is 54.6 Å². The second kappa shape index (κ2) is 7.57. The first-order chi connectivity index (χ1) is 10.2. The van der Waals surface area contributed by atoms with Crippen LogP contribution in [0.3, 0.4) is 0 Å². The third kappa shape index (κ3) is 4.15. The Balaban J connectivity index is 2.15. The summed E-state index contributed by atoms with van der Waals surface area (Å²) in [6.07, 6.45) is -0.317. The molecule has 0 aliphatic heterocycles. The van der Waals surface area contributed by atoms with Crippen molar-refractivity contribution in [2.24, 2.45) is 0 Å². The van der Waals surface area contributed by atoms with Crippen LogP contribution in [-0.2, 0) is 14.5 Å². The van der Waals surface area contributed by atoms with E-state index in [1.165, 1.54) is 0 Å². The molecule has 0 amide bonds. The molecule has 0 fully saturated rings. The van der Waals surface area contributed by atoms with E-state index in [4.69, 9.17) is 14.5 Å². The minimum atomic E-state index is -0.516. The van der Waals surface area contributed by atoms with Crippen molar-refractivity contribution in [3.05, 3.63) is 60.2 Å². The summed E-state index contributed by atoms with van der Waals surface area (Å²) in [6, 6.07) is 16.9. The third-order valence-corrected chi connectivity index (χ3v) is 2.92. The average molecular weight is 286 g/mol. The van der Waals surface area contributed by atoms with Crippen LogP contribution in [0.2, 0.25) is 0 Å². The van der Waals surface area contributed by atoms with Crippen molar-refractivity contribution in [1.29, 1.82) is 0 Å². The van der Waals surface area contributed by atoms with E-state index in [0.29, 0.717) is 12.2 Å². The van der Waals surface area contributed by atoms with Gasteiger partial charge in [-0.15, -0.1) is 0 Å². The first-order valence-electron chi connectivity index (χ1n) is 6.73. The quantitative estimate of drug-likeness (QED) is 0.602. The fourth-order valence-corrected chi connectivity index (χ4v) is 1.96. The molecule has 0 aromatic heterocycles. The van der Waals surface area contributed by atoms with Gasteiger partial charge in [-0.25, -0.2) is 4.79 Å². The Morgan fingerprint density at radius 3 is 2.43 bits per heavy atom. The van der Waals surface area contributed by atoms with Gasteiger partial charge < -0.3 is 4.74 Å². The fourth-order valence-electron chi connectivity index (χ4n) is 1.96. The maximum Gasteiger partial charge on any atom is 0.373 e. The lowest BCUT2D eigenvalue weighted by Gasteiger charge is -2.12. The highest BCUT2D eigenvalue weighted by Gasteiger charge is 2.16. The Labute approximate surface area is 124 Å². The molecule has 1 atom stereocenters. The van der Waals surface area contributed by atoms with Crippen LogP contribution in [-0.4, -0.2) is 25.8 Å². The van der Waals surface area contributed by atoms with Crippen LogP contribution in [0.1, 0.15) is 17.3 Å². The second-order valence-electron chi connectivity index (χ2n) is 4.64. The first kappa shape index (κ1) is 15.2. The predicted octanol–water partition coefficient (Wildman–Crippen LogP) is 3.48. The molecule has 2 aromatic rings. The summed E-state index contributed by atoms with van der Waals surface area (Å²) in [5, 5.41) is 0. The van der Waals surface area contributed by atoms with Gasteiger partial charge in [0.1, 0.15) is 6.10 Å². The molecule has 4 nitrogen and oxygen atoms in total. The molecular weight excluding hydrogens is 268 g/mol. The average Bonchev–Trinajstić information content (AvgIpc) is 2.54. The molecule has 0 aliphatic rings. The summed E-state index contributed by atoms with van der Waals surface area (Å²) in [7, 11) is 1.56. The van der Waals surface area contributed by atoms with E-state index < -0.39 is 5.97 Å². The number of ether oxygens (including phenoxy) is 1. The number of carbonyl (C=O) groups is 1. The number of rotatable bonds is 6. The molecule has 0 heterocycles. The second-order valence-corrected chi connectivity index (χ2v) is 4.64. The van der Waals surface area contributed by atoms with Gasteiger partial charge >= 0.3 is 5.97 Å². The lowest BCUT2D eigenvalue weighted by atomic mass is 10.00. The zero-order valence-corrected chi connectivity index (χ0v) is 12.1. The van der Waals surface area contributed by atoms with Crippen molar-refractivity contribution in [1.82, 2.24) is 0 Å². The topological polar surface area (TPSA) is 44.8 Å². The highest BCUT2D eigenvalue weighted by atomic mass is 17.2. The monoisotopic (exact) mass is 286 g/mol. The lowest BCUT2D eigenvalue weighted by Crippen LogP contribution is -2.18. The molecule has 21 heavy (non-hydrogen) atoms. The molecule has 110 valence electrons. The van der Waals surface area contributed by atoms with Crippen molar-refractivity contribution < 1.29 is 19.3 Å². The molecule has 0 radical (unpaired) electrons. The van der Waals surface area contributed by atoms with Crippen molar-refractivity contribution in [3.63, 3.8) is 0 Å². The smallest absolute Gasteiger partial charge is 0.373 e. The molecule has 0 aliphatic carbocycles. The maximum absolute atomic E-state index is 12.2. The summed E-state index contributed by atoms with van der Waals surface area (Å²) in [5.74, 6) is -0.516. The van der Waals surface area contributed by atoms with Crippen molar-refractivity contribution >= 4 is 5.97 Å². The minimum Gasteiger partial charge on any atom is -0.382 e. The molecular formula is C17H18O4. The first-order valence-corrected chi connectivity index (χ1v) is 6.73. The highest BCUT2D eigenvalue weighted by molar-refractivity contribution is 5.96. The van der Waals surface area contributed by atoms with E-state index in [1.807, 2.05) is 42.5 Å². The summed E-state index contributed by atoms with van der Waals surface area (Å²) in [5.41, 5.74) is 2.23. The van der Waals surface area contributed by atoms with E-state index in [1.54, 1.807) is 26.2 Å². The van der Waals surface area contributed by atoms with Crippen LogP contribution >= 0.6 is 0 Å². The summed E-state index contributed by atoms with van der Waals surface area (Å²) >= 11 is 0. The van der Waals surface area contributed by atoms with Gasteiger partial charge in [0.05, 0.1) is 12.2 Å². The largest absolute Gasteiger partial charge is 0.382 e. The Hall–Kier alpha value is -2.17. The molecule has 2 rings (SSSR count). The third-order valence-electron chi connectivity index (χ3n) is 2.92. The standard InChI is InChI=1S/C17H18O4/c1-13(12-19-2)20-21-17(18)16-11-7-6-10-15(16)14-8-4-3-5-9-14/h3-11,13H,12H2,1-2H3. The number of hydrogen-bond donors (Lipinski definition) is 0. The Morgan fingerprint density at radius 1 is 1.05 bits per heavy atom. The lowest BCUT2D eigenvalue weighted by molar-refractivity contribution is -0.276. The van der Waals surface area contributed by atoms with E-state index in [9.17, 15) is 4.79 Å². The zero-order chi connectivity index (χ0) is 15.1. The van der Waals surface area contributed by atoms with Crippen LogP contribution < -0.4 is 0 Å². The number of carbonyl (C=O) groups excluding carboxylic acids is 1. The van der Waals surface area contributed by atoms with Crippen molar-refractivity contribution in [3.8, 4) is 11.1 Å². The van der Waals surface area contributed by atoms with E-state index in [2.05, 4.69) is 0 Å². The number of benzene rings is 2. The molecule has 4 heteroatoms. The molecule has 0 N–H and O–H groups in total. The van der Waals surface area contributed by atoms with Gasteiger partial charge in [0, 0.05) is 7.11 Å². The van der Waals surface area contributed by atoms with Gasteiger partial charge in [-0.1, -0.05) is 48.5 Å². The van der Waals surface area contributed by atoms with Gasteiger partial charge in [-0.05, 0) is 24.1 Å².